The number of rotatable bonds is 6. The summed E-state index contributed by atoms with van der Waals surface area (Å²) in [6.45, 7) is 5.04. The third-order valence-electron chi connectivity index (χ3n) is 4.59. The van der Waals surface area contributed by atoms with Crippen LogP contribution in [0.5, 0.6) is 0 Å². The summed E-state index contributed by atoms with van der Waals surface area (Å²) in [6, 6.07) is 12.0. The molecule has 0 N–H and O–H groups in total. The summed E-state index contributed by atoms with van der Waals surface area (Å²) in [4.78, 5) is 8.86. The van der Waals surface area contributed by atoms with Gasteiger partial charge in [0.05, 0.1) is 16.2 Å². The third-order valence-corrected chi connectivity index (χ3v) is 6.07. The van der Waals surface area contributed by atoms with Gasteiger partial charge in [-0.25, -0.2) is 0 Å². The molecule has 0 aliphatic carbocycles. The molecule has 142 valence electrons. The fraction of sp³-hybridized carbons (Fsp3) is 0.238. The van der Waals surface area contributed by atoms with E-state index in [1.165, 1.54) is 0 Å². The Morgan fingerprint density at radius 3 is 2.64 bits per heavy atom. The average molecular weight is 410 g/mol. The molecule has 1 aromatic carbocycles. The van der Waals surface area contributed by atoms with Crippen molar-refractivity contribution in [2.24, 2.45) is 0 Å². The SMILES string of the molecule is CCCn1c(SCc2nc3ccccc3c(C)c2Cl)nnc1-c1ccncc1. The molecule has 0 unspecified atom stereocenters. The van der Waals surface area contributed by atoms with E-state index in [-0.39, 0.29) is 0 Å². The van der Waals surface area contributed by atoms with Crippen LogP contribution in [0, 0.1) is 6.92 Å². The third kappa shape index (κ3) is 3.62. The average Bonchev–Trinajstić information content (AvgIpc) is 3.13. The molecule has 0 saturated heterocycles. The lowest BCUT2D eigenvalue weighted by atomic mass is 10.1. The molecule has 0 fully saturated rings. The standard InChI is InChI=1S/C21H20ClN5S/c1-3-12-27-20(15-8-10-23-11-9-15)25-26-21(27)28-13-18-19(22)14(2)16-6-4-5-7-17(16)24-18/h4-11H,3,12-13H2,1-2H3. The quantitative estimate of drug-likeness (QED) is 0.390. The maximum atomic E-state index is 6.61. The molecule has 0 amide bonds. The molecule has 0 saturated carbocycles. The molecule has 0 spiro atoms. The van der Waals surface area contributed by atoms with Gasteiger partial charge in [0.1, 0.15) is 0 Å². The maximum Gasteiger partial charge on any atom is 0.191 e. The molecule has 0 aliphatic heterocycles. The fourth-order valence-corrected chi connectivity index (χ4v) is 4.38. The first-order chi connectivity index (χ1) is 13.7. The molecular formula is C21H20ClN5S. The number of para-hydroxylation sites is 1. The Balaban J connectivity index is 1.65. The topological polar surface area (TPSA) is 56.5 Å². The second kappa shape index (κ2) is 8.29. The number of hydrogen-bond donors (Lipinski definition) is 0. The number of fused-ring (bicyclic) bond motifs is 1. The van der Waals surface area contributed by atoms with Gasteiger partial charge in [-0.05, 0) is 37.1 Å². The molecule has 28 heavy (non-hydrogen) atoms. The predicted molar refractivity (Wildman–Crippen MR) is 115 cm³/mol. The van der Waals surface area contributed by atoms with Gasteiger partial charge in [0.2, 0.25) is 0 Å². The largest absolute Gasteiger partial charge is 0.302 e. The van der Waals surface area contributed by atoms with Crippen LogP contribution in [0.2, 0.25) is 5.02 Å². The normalized spacial score (nSPS) is 11.2. The van der Waals surface area contributed by atoms with Crippen molar-refractivity contribution >= 4 is 34.3 Å². The van der Waals surface area contributed by atoms with E-state index in [2.05, 4.69) is 32.7 Å². The second-order valence-electron chi connectivity index (χ2n) is 6.50. The van der Waals surface area contributed by atoms with Crippen LogP contribution in [0.4, 0.5) is 0 Å². The van der Waals surface area contributed by atoms with Crippen molar-refractivity contribution in [3.63, 3.8) is 0 Å². The Morgan fingerprint density at radius 1 is 1.07 bits per heavy atom. The van der Waals surface area contributed by atoms with Crippen molar-refractivity contribution in [3.05, 3.63) is 65.1 Å². The number of benzene rings is 1. The number of aromatic nitrogens is 5. The van der Waals surface area contributed by atoms with Crippen molar-refractivity contribution in [2.45, 2.75) is 37.7 Å². The molecule has 4 rings (SSSR count). The Hall–Kier alpha value is -2.44. The Bertz CT molecular complexity index is 1110. The van der Waals surface area contributed by atoms with Gasteiger partial charge < -0.3 is 4.57 Å². The molecule has 3 aromatic heterocycles. The highest BCUT2D eigenvalue weighted by Gasteiger charge is 2.16. The first-order valence-electron chi connectivity index (χ1n) is 9.19. The number of halogens is 1. The minimum Gasteiger partial charge on any atom is -0.302 e. The highest BCUT2D eigenvalue weighted by Crippen LogP contribution is 2.32. The summed E-state index contributed by atoms with van der Waals surface area (Å²) in [5, 5.41) is 11.5. The summed E-state index contributed by atoms with van der Waals surface area (Å²) in [7, 11) is 0. The number of hydrogen-bond acceptors (Lipinski definition) is 5. The summed E-state index contributed by atoms with van der Waals surface area (Å²) < 4.78 is 2.15. The van der Waals surface area contributed by atoms with Crippen LogP contribution in [-0.4, -0.2) is 24.7 Å². The van der Waals surface area contributed by atoms with E-state index >= 15 is 0 Å². The van der Waals surface area contributed by atoms with Gasteiger partial charge >= 0.3 is 0 Å². The summed E-state index contributed by atoms with van der Waals surface area (Å²) in [5.74, 6) is 1.50. The van der Waals surface area contributed by atoms with Crippen molar-refractivity contribution in [1.29, 1.82) is 0 Å². The summed E-state index contributed by atoms with van der Waals surface area (Å²) in [6.07, 6.45) is 4.54. The second-order valence-corrected chi connectivity index (χ2v) is 7.82. The Kier molecular flexibility index (Phi) is 5.59. The van der Waals surface area contributed by atoms with Gasteiger partial charge in [-0.2, -0.15) is 0 Å². The molecule has 4 aromatic rings. The van der Waals surface area contributed by atoms with Gasteiger partial charge in [-0.15, -0.1) is 10.2 Å². The lowest BCUT2D eigenvalue weighted by Gasteiger charge is -2.11. The zero-order chi connectivity index (χ0) is 19.5. The monoisotopic (exact) mass is 409 g/mol. The number of pyridine rings is 2. The lowest BCUT2D eigenvalue weighted by molar-refractivity contribution is 0.626. The minimum atomic E-state index is 0.642. The van der Waals surface area contributed by atoms with E-state index < -0.39 is 0 Å². The first kappa shape index (κ1) is 18.9. The van der Waals surface area contributed by atoms with E-state index in [4.69, 9.17) is 16.6 Å². The van der Waals surface area contributed by atoms with Crippen molar-refractivity contribution < 1.29 is 0 Å². The molecule has 7 heteroatoms. The van der Waals surface area contributed by atoms with Crippen LogP contribution in [0.25, 0.3) is 22.3 Å². The van der Waals surface area contributed by atoms with Crippen molar-refractivity contribution in [3.8, 4) is 11.4 Å². The minimum absolute atomic E-state index is 0.642. The molecule has 0 bridgehead atoms. The molecule has 0 atom stereocenters. The van der Waals surface area contributed by atoms with Crippen LogP contribution in [0.1, 0.15) is 24.6 Å². The van der Waals surface area contributed by atoms with Crippen molar-refractivity contribution in [2.75, 3.05) is 0 Å². The number of nitrogens with zero attached hydrogens (tertiary/aromatic N) is 5. The number of thioether (sulfide) groups is 1. The van der Waals surface area contributed by atoms with Gasteiger partial charge in [0.25, 0.3) is 0 Å². The molecule has 3 heterocycles. The van der Waals surface area contributed by atoms with Gasteiger partial charge in [-0.3, -0.25) is 9.97 Å². The van der Waals surface area contributed by atoms with Crippen molar-refractivity contribution in [1.82, 2.24) is 24.7 Å². The van der Waals surface area contributed by atoms with Crippen LogP contribution >= 0.6 is 23.4 Å². The van der Waals surface area contributed by atoms with Crippen LogP contribution in [0.15, 0.2) is 53.9 Å². The van der Waals surface area contributed by atoms with Gasteiger partial charge in [0.15, 0.2) is 11.0 Å². The van der Waals surface area contributed by atoms with Crippen LogP contribution in [-0.2, 0) is 12.3 Å². The van der Waals surface area contributed by atoms with E-state index in [1.54, 1.807) is 24.2 Å². The summed E-state index contributed by atoms with van der Waals surface area (Å²) in [5.41, 5.74) is 3.92. The van der Waals surface area contributed by atoms with E-state index in [9.17, 15) is 0 Å². The summed E-state index contributed by atoms with van der Waals surface area (Å²) >= 11 is 8.23. The van der Waals surface area contributed by atoms with Gasteiger partial charge in [-0.1, -0.05) is 48.5 Å². The van der Waals surface area contributed by atoms with Crippen LogP contribution < -0.4 is 0 Å². The van der Waals surface area contributed by atoms with E-state index in [0.717, 1.165) is 56.7 Å². The lowest BCUT2D eigenvalue weighted by Crippen LogP contribution is -2.02. The smallest absolute Gasteiger partial charge is 0.191 e. The molecule has 0 aliphatic rings. The van der Waals surface area contributed by atoms with E-state index in [0.29, 0.717) is 5.75 Å². The highest BCUT2D eigenvalue weighted by molar-refractivity contribution is 7.98. The predicted octanol–water partition coefficient (Wildman–Crippen LogP) is 5.55. The molecule has 5 nitrogen and oxygen atoms in total. The Morgan fingerprint density at radius 2 is 1.86 bits per heavy atom. The van der Waals surface area contributed by atoms with Crippen LogP contribution in [0.3, 0.4) is 0 Å². The number of aryl methyl sites for hydroxylation is 1. The molecular weight excluding hydrogens is 390 g/mol. The Labute approximate surface area is 173 Å². The zero-order valence-electron chi connectivity index (χ0n) is 15.8. The maximum absolute atomic E-state index is 6.61. The zero-order valence-corrected chi connectivity index (χ0v) is 17.3. The van der Waals surface area contributed by atoms with Gasteiger partial charge in [0, 0.05) is 35.6 Å². The first-order valence-corrected chi connectivity index (χ1v) is 10.6. The highest BCUT2D eigenvalue weighted by atomic mass is 35.5. The van der Waals surface area contributed by atoms with E-state index in [1.807, 2.05) is 37.3 Å². The molecule has 0 radical (unpaired) electrons. The fourth-order valence-electron chi connectivity index (χ4n) is 3.18.